The first-order chi connectivity index (χ1) is 18.3. The van der Waals surface area contributed by atoms with Crippen LogP contribution in [0.4, 0.5) is 4.79 Å². The van der Waals surface area contributed by atoms with Gasteiger partial charge in [0.1, 0.15) is 11.7 Å². The topological polar surface area (TPSA) is 77.0 Å². The second kappa shape index (κ2) is 16.8. The lowest BCUT2D eigenvalue weighted by molar-refractivity contribution is -0.150. The van der Waals surface area contributed by atoms with Gasteiger partial charge in [-0.25, -0.2) is 9.79 Å². The Bertz CT molecular complexity index is 966. The van der Waals surface area contributed by atoms with Gasteiger partial charge in [-0.15, -0.1) is 0 Å². The van der Waals surface area contributed by atoms with Crippen LogP contribution in [0, 0.1) is 5.92 Å². The molecule has 1 aromatic rings. The standard InChI is InChI=1S/C32H48N2O4/c1-7-10-12-13-14-15-17-20-25(19-16-11-8-2)26-21-18-22-27(30(26)37-9-3)29-28(31(35)38-23(4)5)24(6)33-32(36)34-29/h8,11,16,18,21-23,25,28-29H,2,7,9-10,12-15,17,19-20H2,1,3-6H3,(H,34,36). The van der Waals surface area contributed by atoms with Crippen molar-refractivity contribution in [1.29, 1.82) is 0 Å². The van der Waals surface area contributed by atoms with Gasteiger partial charge in [0.2, 0.25) is 0 Å². The molecule has 1 aliphatic heterocycles. The number of hydrogen-bond acceptors (Lipinski definition) is 4. The van der Waals surface area contributed by atoms with Crippen LogP contribution in [-0.2, 0) is 9.53 Å². The SMILES string of the molecule is C=CC=CCC(CCCCCCCCC)c1cccc(C2NC(=O)N=C(C)C2C(=O)OC(C)C)c1OCC. The van der Waals surface area contributed by atoms with Crippen LogP contribution in [0.5, 0.6) is 5.75 Å². The summed E-state index contributed by atoms with van der Waals surface area (Å²) in [6.45, 7) is 13.8. The first-order valence-corrected chi connectivity index (χ1v) is 14.4. The molecule has 1 N–H and O–H groups in total. The average Bonchev–Trinajstić information content (AvgIpc) is 2.86. The third-order valence-electron chi connectivity index (χ3n) is 6.93. The van der Waals surface area contributed by atoms with Crippen molar-refractivity contribution in [3.8, 4) is 5.75 Å². The molecule has 2 rings (SSSR count). The third kappa shape index (κ3) is 9.45. The van der Waals surface area contributed by atoms with Crippen LogP contribution in [-0.4, -0.2) is 30.4 Å². The van der Waals surface area contributed by atoms with Crippen LogP contribution in [0.15, 0.2) is 48.0 Å². The number of nitrogens with one attached hydrogen (secondary N) is 1. The number of carbonyl (C=O) groups is 2. The molecule has 0 saturated carbocycles. The number of ether oxygens (including phenoxy) is 2. The minimum Gasteiger partial charge on any atom is -0.493 e. The molecule has 0 aromatic heterocycles. The van der Waals surface area contributed by atoms with E-state index in [0.717, 1.165) is 36.1 Å². The van der Waals surface area contributed by atoms with Crippen molar-refractivity contribution in [2.45, 2.75) is 110 Å². The lowest BCUT2D eigenvalue weighted by atomic mass is 9.83. The van der Waals surface area contributed by atoms with Crippen molar-refractivity contribution in [1.82, 2.24) is 5.32 Å². The summed E-state index contributed by atoms with van der Waals surface area (Å²) in [5, 5.41) is 2.93. The van der Waals surface area contributed by atoms with Crippen LogP contribution >= 0.6 is 0 Å². The fraction of sp³-hybridized carbons (Fsp3) is 0.594. The number of esters is 1. The fourth-order valence-electron chi connectivity index (χ4n) is 5.13. The summed E-state index contributed by atoms with van der Waals surface area (Å²) in [4.78, 5) is 29.6. The van der Waals surface area contributed by atoms with Gasteiger partial charge < -0.3 is 14.8 Å². The number of benzene rings is 1. The van der Waals surface area contributed by atoms with Gasteiger partial charge in [-0.3, -0.25) is 4.79 Å². The van der Waals surface area contributed by atoms with E-state index in [4.69, 9.17) is 9.47 Å². The molecule has 0 spiro atoms. The molecule has 1 aliphatic rings. The maximum absolute atomic E-state index is 13.1. The number of aliphatic imine (C=N–C) groups is 1. The molecule has 210 valence electrons. The predicted octanol–water partition coefficient (Wildman–Crippen LogP) is 8.23. The van der Waals surface area contributed by atoms with Crippen LogP contribution in [0.1, 0.15) is 115 Å². The predicted molar refractivity (Wildman–Crippen MR) is 156 cm³/mol. The largest absolute Gasteiger partial charge is 0.493 e. The van der Waals surface area contributed by atoms with E-state index in [1.54, 1.807) is 13.0 Å². The van der Waals surface area contributed by atoms with Gasteiger partial charge in [0.05, 0.1) is 18.8 Å². The third-order valence-corrected chi connectivity index (χ3v) is 6.93. The molecule has 0 saturated heterocycles. The molecule has 0 aliphatic carbocycles. The van der Waals surface area contributed by atoms with Gasteiger partial charge in [-0.2, -0.15) is 0 Å². The van der Waals surface area contributed by atoms with E-state index in [1.807, 2.05) is 39.0 Å². The highest BCUT2D eigenvalue weighted by molar-refractivity contribution is 6.08. The van der Waals surface area contributed by atoms with Crippen molar-refractivity contribution >= 4 is 17.7 Å². The number of para-hydroxylation sites is 1. The Kier molecular flexibility index (Phi) is 13.9. The number of amides is 2. The molecular formula is C32H48N2O4. The van der Waals surface area contributed by atoms with E-state index < -0.39 is 24.0 Å². The zero-order chi connectivity index (χ0) is 27.9. The van der Waals surface area contributed by atoms with E-state index >= 15 is 0 Å². The quantitative estimate of drug-likeness (QED) is 0.126. The number of rotatable bonds is 17. The second-order valence-electron chi connectivity index (χ2n) is 10.3. The summed E-state index contributed by atoms with van der Waals surface area (Å²) in [6.07, 6.45) is 16.4. The van der Waals surface area contributed by atoms with Crippen LogP contribution in [0.3, 0.4) is 0 Å². The van der Waals surface area contributed by atoms with Crippen LogP contribution in [0.2, 0.25) is 0 Å². The Morgan fingerprint density at radius 2 is 1.84 bits per heavy atom. The van der Waals surface area contributed by atoms with Crippen molar-refractivity contribution < 1.29 is 19.1 Å². The van der Waals surface area contributed by atoms with Crippen molar-refractivity contribution in [3.05, 3.63) is 54.1 Å². The number of urea groups is 1. The highest BCUT2D eigenvalue weighted by Crippen LogP contribution is 2.41. The minimum absolute atomic E-state index is 0.249. The van der Waals surface area contributed by atoms with Gasteiger partial charge in [0.15, 0.2) is 0 Å². The number of hydrogen-bond donors (Lipinski definition) is 1. The molecule has 6 nitrogen and oxygen atoms in total. The molecule has 6 heteroatoms. The van der Waals surface area contributed by atoms with E-state index in [0.29, 0.717) is 12.3 Å². The summed E-state index contributed by atoms with van der Waals surface area (Å²) in [5.74, 6) is -0.116. The van der Waals surface area contributed by atoms with Crippen molar-refractivity contribution in [2.24, 2.45) is 10.9 Å². The summed E-state index contributed by atoms with van der Waals surface area (Å²) in [6, 6.07) is 4.99. The lowest BCUT2D eigenvalue weighted by Crippen LogP contribution is -2.45. The fourth-order valence-corrected chi connectivity index (χ4v) is 5.13. The first-order valence-electron chi connectivity index (χ1n) is 14.4. The zero-order valence-corrected chi connectivity index (χ0v) is 24.1. The van der Waals surface area contributed by atoms with E-state index in [-0.39, 0.29) is 12.0 Å². The van der Waals surface area contributed by atoms with Crippen LogP contribution in [0.25, 0.3) is 0 Å². The molecule has 0 bridgehead atoms. The maximum atomic E-state index is 13.1. The van der Waals surface area contributed by atoms with E-state index in [1.165, 1.54) is 38.5 Å². The van der Waals surface area contributed by atoms with E-state index in [9.17, 15) is 9.59 Å². The highest BCUT2D eigenvalue weighted by Gasteiger charge is 2.40. The van der Waals surface area contributed by atoms with Crippen LogP contribution < -0.4 is 10.1 Å². The molecule has 3 unspecified atom stereocenters. The molecule has 3 atom stereocenters. The zero-order valence-electron chi connectivity index (χ0n) is 24.1. The number of unbranched alkanes of at least 4 members (excludes halogenated alkanes) is 6. The second-order valence-corrected chi connectivity index (χ2v) is 10.3. The minimum atomic E-state index is -0.716. The smallest absolute Gasteiger partial charge is 0.341 e. The summed E-state index contributed by atoms with van der Waals surface area (Å²) < 4.78 is 11.8. The van der Waals surface area contributed by atoms with Gasteiger partial charge in [0, 0.05) is 11.3 Å². The molecule has 0 fully saturated rings. The molecular weight excluding hydrogens is 476 g/mol. The number of carbonyl (C=O) groups excluding carboxylic acids is 2. The van der Waals surface area contributed by atoms with Gasteiger partial charge in [-0.05, 0) is 52.0 Å². The van der Waals surface area contributed by atoms with E-state index in [2.05, 4.69) is 36.0 Å². The lowest BCUT2D eigenvalue weighted by Gasteiger charge is -2.32. The maximum Gasteiger partial charge on any atom is 0.341 e. The normalized spacial score (nSPS) is 18.3. The molecule has 38 heavy (non-hydrogen) atoms. The molecule has 1 aromatic carbocycles. The Balaban J connectivity index is 2.41. The molecule has 1 heterocycles. The van der Waals surface area contributed by atoms with Crippen molar-refractivity contribution in [2.75, 3.05) is 6.61 Å². The Morgan fingerprint density at radius 3 is 2.50 bits per heavy atom. The highest BCUT2D eigenvalue weighted by atomic mass is 16.5. The Morgan fingerprint density at radius 1 is 1.13 bits per heavy atom. The van der Waals surface area contributed by atoms with Gasteiger partial charge >= 0.3 is 12.0 Å². The average molecular weight is 525 g/mol. The van der Waals surface area contributed by atoms with Gasteiger partial charge in [0.25, 0.3) is 0 Å². The molecule has 0 radical (unpaired) electrons. The Hall–Kier alpha value is -2.89. The summed E-state index contributed by atoms with van der Waals surface area (Å²) in [5.41, 5.74) is 2.34. The summed E-state index contributed by atoms with van der Waals surface area (Å²) >= 11 is 0. The van der Waals surface area contributed by atoms with Gasteiger partial charge in [-0.1, -0.05) is 94.9 Å². The van der Waals surface area contributed by atoms with Crippen molar-refractivity contribution in [3.63, 3.8) is 0 Å². The molecule has 2 amide bonds. The number of allylic oxidation sites excluding steroid dienone is 3. The monoisotopic (exact) mass is 524 g/mol. The summed E-state index contributed by atoms with van der Waals surface area (Å²) in [7, 11) is 0. The Labute approximate surface area is 230 Å². The number of nitrogens with zero attached hydrogens (tertiary/aromatic N) is 1. The first kappa shape index (κ1) is 31.3.